The number of unbranched alkanes of at least 4 members (excludes halogenated alkanes) is 50. The lowest BCUT2D eigenvalue weighted by Crippen LogP contribution is -2.45. The van der Waals surface area contributed by atoms with Crippen LogP contribution in [0.3, 0.4) is 0 Å². The molecule has 0 heterocycles. The molecule has 6 heteroatoms. The normalized spacial score (nSPS) is 12.6. The number of esters is 1. The highest BCUT2D eigenvalue weighted by molar-refractivity contribution is 5.76. The molecule has 1 amide bonds. The Balaban J connectivity index is 3.35. The van der Waals surface area contributed by atoms with Crippen LogP contribution in [-0.2, 0) is 14.3 Å². The summed E-state index contributed by atoms with van der Waals surface area (Å²) in [6, 6.07) is -0.539. The molecular weight excluding hydrogens is 935 g/mol. The van der Waals surface area contributed by atoms with Crippen LogP contribution in [0.2, 0.25) is 0 Å². The Labute approximate surface area is 475 Å². The molecule has 0 radical (unpaired) electrons. The van der Waals surface area contributed by atoms with Crippen LogP contribution >= 0.6 is 0 Å². The first kappa shape index (κ1) is 74.3. The summed E-state index contributed by atoms with van der Waals surface area (Å²) in [5.41, 5.74) is 0. The maximum absolute atomic E-state index is 12.4. The van der Waals surface area contributed by atoms with Crippen molar-refractivity contribution in [1.82, 2.24) is 5.32 Å². The average molecular weight is 1070 g/mol. The smallest absolute Gasteiger partial charge is 0.305 e. The van der Waals surface area contributed by atoms with Crippen LogP contribution < -0.4 is 5.32 Å². The van der Waals surface area contributed by atoms with E-state index in [-0.39, 0.29) is 18.5 Å². The van der Waals surface area contributed by atoms with Crippen LogP contribution in [-0.4, -0.2) is 47.4 Å². The topological polar surface area (TPSA) is 95.9 Å². The van der Waals surface area contributed by atoms with Gasteiger partial charge in [0.2, 0.25) is 5.91 Å². The third-order valence-corrected chi connectivity index (χ3v) is 16.3. The molecule has 0 aromatic rings. The molecule has 0 aromatic heterocycles. The van der Waals surface area contributed by atoms with Crippen molar-refractivity contribution in [1.29, 1.82) is 0 Å². The Morgan fingerprint density at radius 3 is 1.00 bits per heavy atom. The van der Waals surface area contributed by atoms with Gasteiger partial charge in [-0.3, -0.25) is 9.59 Å². The molecule has 450 valence electrons. The summed E-state index contributed by atoms with van der Waals surface area (Å²) in [4.78, 5) is 24.5. The van der Waals surface area contributed by atoms with Crippen molar-refractivity contribution >= 4 is 11.9 Å². The number of aliphatic hydroxyl groups is 2. The molecule has 3 N–H and O–H groups in total. The largest absolute Gasteiger partial charge is 0.466 e. The highest BCUT2D eigenvalue weighted by Gasteiger charge is 2.20. The second-order valence-corrected chi connectivity index (χ2v) is 23.9. The predicted molar refractivity (Wildman–Crippen MR) is 333 cm³/mol. The molecule has 0 bridgehead atoms. The molecule has 0 spiro atoms. The van der Waals surface area contributed by atoms with E-state index in [1.165, 1.54) is 308 Å². The number of amides is 1. The molecule has 6 nitrogen and oxygen atoms in total. The van der Waals surface area contributed by atoms with Crippen molar-refractivity contribution < 1.29 is 24.5 Å². The molecular formula is C70H135NO5. The van der Waals surface area contributed by atoms with Gasteiger partial charge < -0.3 is 20.3 Å². The first-order chi connectivity index (χ1) is 37.5. The molecule has 2 unspecified atom stereocenters. The Morgan fingerprint density at radius 1 is 0.368 bits per heavy atom. The minimum atomic E-state index is -0.662. The zero-order valence-corrected chi connectivity index (χ0v) is 51.5. The van der Waals surface area contributed by atoms with Crippen LogP contribution in [0.4, 0.5) is 0 Å². The van der Waals surface area contributed by atoms with Gasteiger partial charge in [0, 0.05) is 12.8 Å². The number of allylic oxidation sites excluding steroid dienone is 4. The lowest BCUT2D eigenvalue weighted by molar-refractivity contribution is -0.143. The Bertz CT molecular complexity index is 1190. The summed E-state index contributed by atoms with van der Waals surface area (Å²) in [6.45, 7) is 4.97. The predicted octanol–water partition coefficient (Wildman–Crippen LogP) is 22.1. The lowest BCUT2D eigenvalue weighted by Gasteiger charge is -2.22. The minimum Gasteiger partial charge on any atom is -0.466 e. The number of nitrogens with one attached hydrogen (secondary N) is 1. The quantitative estimate of drug-likeness (QED) is 0.0320. The molecule has 76 heavy (non-hydrogen) atoms. The van der Waals surface area contributed by atoms with Crippen LogP contribution in [0.5, 0.6) is 0 Å². The van der Waals surface area contributed by atoms with Gasteiger partial charge in [0.25, 0.3) is 0 Å². The lowest BCUT2D eigenvalue weighted by atomic mass is 10.0. The van der Waals surface area contributed by atoms with Crippen LogP contribution in [0.1, 0.15) is 386 Å². The van der Waals surface area contributed by atoms with E-state index in [9.17, 15) is 19.8 Å². The Kier molecular flexibility index (Phi) is 64.4. The summed E-state index contributed by atoms with van der Waals surface area (Å²) in [6.07, 6.45) is 82.4. The van der Waals surface area contributed by atoms with Gasteiger partial charge in [-0.05, 0) is 57.8 Å². The number of aliphatic hydroxyl groups excluding tert-OH is 2. The molecule has 0 saturated carbocycles. The monoisotopic (exact) mass is 1070 g/mol. The van der Waals surface area contributed by atoms with E-state index in [1.807, 2.05) is 0 Å². The number of hydrogen-bond acceptors (Lipinski definition) is 5. The first-order valence-corrected chi connectivity index (χ1v) is 34.6. The number of ether oxygens (including phenoxy) is 1. The SMILES string of the molecule is CCCCCCCCCCCCCCCCCCCCC(=O)OCCCCCCCCCCC/C=C\C/C=C\CCCCCCCCCCCCCCCCCC(=O)NC(CO)C(O)CCCCCCCCCCCC. The van der Waals surface area contributed by atoms with Crippen molar-refractivity contribution in [3.8, 4) is 0 Å². The fourth-order valence-electron chi connectivity index (χ4n) is 11.0. The van der Waals surface area contributed by atoms with E-state index in [0.717, 1.165) is 44.9 Å². The van der Waals surface area contributed by atoms with Gasteiger partial charge in [-0.15, -0.1) is 0 Å². The fraction of sp³-hybridized carbons (Fsp3) is 0.914. The number of carbonyl (C=O) groups is 2. The average Bonchev–Trinajstić information content (AvgIpc) is 3.42. The van der Waals surface area contributed by atoms with E-state index in [4.69, 9.17) is 4.74 Å². The molecule has 0 rings (SSSR count). The number of rotatable bonds is 65. The fourth-order valence-corrected chi connectivity index (χ4v) is 11.0. The molecule has 2 atom stereocenters. The van der Waals surface area contributed by atoms with Crippen LogP contribution in [0.15, 0.2) is 24.3 Å². The van der Waals surface area contributed by atoms with E-state index in [0.29, 0.717) is 25.9 Å². The van der Waals surface area contributed by atoms with Gasteiger partial charge in [-0.25, -0.2) is 0 Å². The Hall–Kier alpha value is -1.66. The maximum Gasteiger partial charge on any atom is 0.305 e. The van der Waals surface area contributed by atoms with Gasteiger partial charge >= 0.3 is 5.97 Å². The third kappa shape index (κ3) is 61.6. The van der Waals surface area contributed by atoms with Crippen molar-refractivity contribution in [2.75, 3.05) is 13.2 Å². The minimum absolute atomic E-state index is 0.0181. The summed E-state index contributed by atoms with van der Waals surface area (Å²) in [5.74, 6) is -0.0163. The van der Waals surface area contributed by atoms with Crippen molar-refractivity contribution in [3.63, 3.8) is 0 Å². The van der Waals surface area contributed by atoms with E-state index in [2.05, 4.69) is 43.5 Å². The number of hydrogen-bond donors (Lipinski definition) is 3. The van der Waals surface area contributed by atoms with Gasteiger partial charge in [0.15, 0.2) is 0 Å². The summed E-state index contributed by atoms with van der Waals surface area (Å²) in [5, 5.41) is 23.2. The highest BCUT2D eigenvalue weighted by atomic mass is 16.5. The molecule has 0 fully saturated rings. The molecule has 0 saturated heterocycles. The van der Waals surface area contributed by atoms with Crippen LogP contribution in [0, 0.1) is 0 Å². The summed E-state index contributed by atoms with van der Waals surface area (Å²) < 4.78 is 5.51. The molecule has 0 aliphatic heterocycles. The molecule has 0 aliphatic rings. The Morgan fingerprint density at radius 2 is 0.658 bits per heavy atom. The highest BCUT2D eigenvalue weighted by Crippen LogP contribution is 2.19. The van der Waals surface area contributed by atoms with Gasteiger partial charge in [0.1, 0.15) is 0 Å². The molecule has 0 aromatic carbocycles. The van der Waals surface area contributed by atoms with Gasteiger partial charge in [-0.1, -0.05) is 340 Å². The van der Waals surface area contributed by atoms with Crippen molar-refractivity contribution in [2.24, 2.45) is 0 Å². The van der Waals surface area contributed by atoms with Crippen molar-refractivity contribution in [3.05, 3.63) is 24.3 Å². The second kappa shape index (κ2) is 65.9. The second-order valence-electron chi connectivity index (χ2n) is 23.9. The van der Waals surface area contributed by atoms with Gasteiger partial charge in [0.05, 0.1) is 25.4 Å². The van der Waals surface area contributed by atoms with Gasteiger partial charge in [-0.2, -0.15) is 0 Å². The summed E-state index contributed by atoms with van der Waals surface area (Å²) in [7, 11) is 0. The van der Waals surface area contributed by atoms with E-state index in [1.54, 1.807) is 0 Å². The standard InChI is InChI=1S/C70H135NO5/c1-3-5-7-9-11-13-15-16-17-18-35-38-41-44-48-52-56-60-64-70(75)76-65-61-57-53-49-45-42-39-36-33-31-29-27-25-23-21-19-20-22-24-26-28-30-32-34-37-40-43-47-51-55-59-63-69(74)71-67(66-72)68(73)62-58-54-50-46-14-12-10-8-6-4-2/h21,23,27,29,67-68,72-73H,3-20,22,24-26,28,30-66H2,1-2H3,(H,71,74)/b23-21-,29-27-. The molecule has 0 aliphatic carbocycles. The zero-order chi connectivity index (χ0) is 55.0. The van der Waals surface area contributed by atoms with Crippen LogP contribution in [0.25, 0.3) is 0 Å². The van der Waals surface area contributed by atoms with E-state index < -0.39 is 12.1 Å². The summed E-state index contributed by atoms with van der Waals surface area (Å²) >= 11 is 0. The maximum atomic E-state index is 12.4. The van der Waals surface area contributed by atoms with Crippen molar-refractivity contribution in [2.45, 2.75) is 398 Å². The number of carbonyl (C=O) groups excluding carboxylic acids is 2. The first-order valence-electron chi connectivity index (χ1n) is 34.6. The third-order valence-electron chi connectivity index (χ3n) is 16.3. The zero-order valence-electron chi connectivity index (χ0n) is 51.5. The van der Waals surface area contributed by atoms with E-state index >= 15 is 0 Å².